The van der Waals surface area contributed by atoms with Crippen LogP contribution in [0.4, 0.5) is 0 Å². The minimum atomic E-state index is 0.242. The van der Waals surface area contributed by atoms with E-state index in [9.17, 15) is 0 Å². The second-order valence-corrected chi connectivity index (χ2v) is 4.52. The average Bonchev–Trinajstić information content (AvgIpc) is 2.26. The predicted octanol–water partition coefficient (Wildman–Crippen LogP) is 5.77. The molecule has 0 heteroatoms. The lowest BCUT2D eigenvalue weighted by molar-refractivity contribution is 0.317. The molecule has 0 spiro atoms. The number of hydrogen-bond donors (Lipinski definition) is 0. The molecule has 0 aromatic heterocycles. The fraction of sp³-hybridized carbons (Fsp3) is 0.625. The summed E-state index contributed by atoms with van der Waals surface area (Å²) in [6.07, 6.45) is 10.7. The molecule has 0 aromatic carbocycles. The molecule has 0 aliphatic heterocycles. The first kappa shape index (κ1) is 17.6. The van der Waals surface area contributed by atoms with E-state index in [2.05, 4.69) is 65.0 Å². The molecule has 0 aromatic rings. The monoisotopic (exact) mass is 222 g/mol. The first-order chi connectivity index (χ1) is 7.46. The zero-order valence-electron chi connectivity index (χ0n) is 12.5. The first-order valence-corrected chi connectivity index (χ1v) is 6.43. The fourth-order valence-corrected chi connectivity index (χ4v) is 1.20. The van der Waals surface area contributed by atoms with Gasteiger partial charge in [0.15, 0.2) is 0 Å². The van der Waals surface area contributed by atoms with E-state index in [-0.39, 0.29) is 5.41 Å². The van der Waals surface area contributed by atoms with Crippen LogP contribution in [0.2, 0.25) is 0 Å². The third kappa shape index (κ3) is 5.95. The summed E-state index contributed by atoms with van der Waals surface area (Å²) in [6, 6.07) is 0. The van der Waals surface area contributed by atoms with E-state index in [1.807, 2.05) is 20.8 Å². The second-order valence-electron chi connectivity index (χ2n) is 4.52. The molecule has 0 rings (SSSR count). The maximum Gasteiger partial charge on any atom is -0.00807 e. The quantitative estimate of drug-likeness (QED) is 0.529. The van der Waals surface area contributed by atoms with Crippen molar-refractivity contribution in [2.45, 2.75) is 55.4 Å². The summed E-state index contributed by atoms with van der Waals surface area (Å²) >= 11 is 0. The van der Waals surface area contributed by atoms with Gasteiger partial charge in [-0.05, 0) is 30.8 Å². The minimum Gasteiger partial charge on any atom is -0.0877 e. The minimum absolute atomic E-state index is 0.242. The third-order valence-electron chi connectivity index (χ3n) is 3.00. The summed E-state index contributed by atoms with van der Waals surface area (Å²) in [5, 5.41) is 0. The number of rotatable bonds is 4. The van der Waals surface area contributed by atoms with Gasteiger partial charge >= 0.3 is 0 Å². The van der Waals surface area contributed by atoms with Gasteiger partial charge in [0.1, 0.15) is 0 Å². The molecule has 0 amide bonds. The van der Waals surface area contributed by atoms with Crippen molar-refractivity contribution < 1.29 is 0 Å². The van der Waals surface area contributed by atoms with E-state index in [1.165, 1.54) is 5.57 Å². The lowest BCUT2D eigenvalue weighted by atomic mass is 9.74. The van der Waals surface area contributed by atoms with Crippen molar-refractivity contribution in [3.63, 3.8) is 0 Å². The van der Waals surface area contributed by atoms with Gasteiger partial charge in [-0.1, -0.05) is 71.9 Å². The highest BCUT2D eigenvalue weighted by Gasteiger charge is 2.24. The highest BCUT2D eigenvalue weighted by atomic mass is 14.3. The van der Waals surface area contributed by atoms with Gasteiger partial charge in [0.2, 0.25) is 0 Å². The highest BCUT2D eigenvalue weighted by Crippen LogP contribution is 2.35. The van der Waals surface area contributed by atoms with Gasteiger partial charge in [0, 0.05) is 0 Å². The zero-order chi connectivity index (χ0) is 13.2. The standard InChI is InChI=1S/C14H24.C2H6/c1-7-9-11-13(10-8-2)14(5,6)12(3)4;1-2/h7-12H,1-6H3;1-2H3/b9-7-,10-8-,13-11+;. The van der Waals surface area contributed by atoms with Crippen LogP contribution in [0.5, 0.6) is 0 Å². The molecule has 0 aliphatic carbocycles. The highest BCUT2D eigenvalue weighted by molar-refractivity contribution is 5.29. The van der Waals surface area contributed by atoms with Gasteiger partial charge in [0.05, 0.1) is 0 Å². The normalized spacial score (nSPS) is 13.4. The molecular weight excluding hydrogens is 192 g/mol. The molecule has 0 saturated carbocycles. The van der Waals surface area contributed by atoms with E-state index in [0.717, 1.165) is 0 Å². The van der Waals surface area contributed by atoms with Gasteiger partial charge in [-0.3, -0.25) is 0 Å². The topological polar surface area (TPSA) is 0 Å². The SMILES string of the molecule is CC.C\C=C/C=C(\C=C/C)C(C)(C)C(C)C. The van der Waals surface area contributed by atoms with Crippen LogP contribution in [0.3, 0.4) is 0 Å². The average molecular weight is 222 g/mol. The van der Waals surface area contributed by atoms with Crippen LogP contribution < -0.4 is 0 Å². The molecule has 0 N–H and O–H groups in total. The summed E-state index contributed by atoms with van der Waals surface area (Å²) in [6.45, 7) is 17.3. The predicted molar refractivity (Wildman–Crippen MR) is 77.7 cm³/mol. The summed E-state index contributed by atoms with van der Waals surface area (Å²) in [7, 11) is 0. The molecule has 0 fully saturated rings. The Labute approximate surface area is 103 Å². The Kier molecular flexibility index (Phi) is 10.4. The summed E-state index contributed by atoms with van der Waals surface area (Å²) in [5.41, 5.74) is 1.64. The molecule has 0 atom stereocenters. The molecule has 0 radical (unpaired) electrons. The Morgan fingerprint density at radius 2 is 1.50 bits per heavy atom. The largest absolute Gasteiger partial charge is 0.0877 e. The van der Waals surface area contributed by atoms with Gasteiger partial charge in [-0.25, -0.2) is 0 Å². The van der Waals surface area contributed by atoms with E-state index in [4.69, 9.17) is 0 Å². The van der Waals surface area contributed by atoms with Gasteiger partial charge in [-0.2, -0.15) is 0 Å². The van der Waals surface area contributed by atoms with Crippen molar-refractivity contribution in [1.29, 1.82) is 0 Å². The maximum atomic E-state index is 2.30. The molecule has 0 unspecified atom stereocenters. The Morgan fingerprint density at radius 3 is 1.81 bits per heavy atom. The van der Waals surface area contributed by atoms with E-state index in [0.29, 0.717) is 5.92 Å². The number of hydrogen-bond acceptors (Lipinski definition) is 0. The zero-order valence-corrected chi connectivity index (χ0v) is 12.5. The van der Waals surface area contributed by atoms with Crippen molar-refractivity contribution in [1.82, 2.24) is 0 Å². The first-order valence-electron chi connectivity index (χ1n) is 6.43. The van der Waals surface area contributed by atoms with Crippen molar-refractivity contribution >= 4 is 0 Å². The molecule has 0 heterocycles. The third-order valence-corrected chi connectivity index (χ3v) is 3.00. The maximum absolute atomic E-state index is 2.30. The van der Waals surface area contributed by atoms with Crippen molar-refractivity contribution in [2.24, 2.45) is 11.3 Å². The van der Waals surface area contributed by atoms with Crippen LogP contribution in [0, 0.1) is 11.3 Å². The fourth-order valence-electron chi connectivity index (χ4n) is 1.20. The Bertz CT molecular complexity index is 237. The Balaban J connectivity index is 0. The van der Waals surface area contributed by atoms with Crippen molar-refractivity contribution in [3.8, 4) is 0 Å². The molecule has 0 saturated heterocycles. The lowest BCUT2D eigenvalue weighted by Crippen LogP contribution is -2.20. The van der Waals surface area contributed by atoms with E-state index >= 15 is 0 Å². The van der Waals surface area contributed by atoms with Crippen LogP contribution in [-0.2, 0) is 0 Å². The van der Waals surface area contributed by atoms with Crippen LogP contribution in [-0.4, -0.2) is 0 Å². The molecular formula is C16H30. The molecule has 16 heavy (non-hydrogen) atoms. The van der Waals surface area contributed by atoms with Crippen LogP contribution >= 0.6 is 0 Å². The van der Waals surface area contributed by atoms with Crippen LogP contribution in [0.25, 0.3) is 0 Å². The lowest BCUT2D eigenvalue weighted by Gasteiger charge is -2.30. The van der Waals surface area contributed by atoms with Crippen molar-refractivity contribution in [2.75, 3.05) is 0 Å². The molecule has 0 nitrogen and oxygen atoms in total. The van der Waals surface area contributed by atoms with E-state index < -0.39 is 0 Å². The second kappa shape index (κ2) is 9.45. The van der Waals surface area contributed by atoms with Gasteiger partial charge in [0.25, 0.3) is 0 Å². The Morgan fingerprint density at radius 1 is 1.00 bits per heavy atom. The Hall–Kier alpha value is -0.780. The van der Waals surface area contributed by atoms with Gasteiger partial charge < -0.3 is 0 Å². The van der Waals surface area contributed by atoms with Crippen LogP contribution in [0.1, 0.15) is 55.4 Å². The van der Waals surface area contributed by atoms with Crippen LogP contribution in [0.15, 0.2) is 36.0 Å². The summed E-state index contributed by atoms with van der Waals surface area (Å²) in [4.78, 5) is 0. The molecule has 94 valence electrons. The number of allylic oxidation sites excluding steroid dienone is 6. The smallest absolute Gasteiger partial charge is 0.00807 e. The summed E-state index contributed by atoms with van der Waals surface area (Å²) < 4.78 is 0. The molecule has 0 aliphatic rings. The van der Waals surface area contributed by atoms with Gasteiger partial charge in [-0.15, -0.1) is 0 Å². The van der Waals surface area contributed by atoms with Crippen molar-refractivity contribution in [3.05, 3.63) is 36.0 Å². The van der Waals surface area contributed by atoms with E-state index in [1.54, 1.807) is 0 Å². The summed E-state index contributed by atoms with van der Waals surface area (Å²) in [5.74, 6) is 0.648. The molecule has 0 bridgehead atoms.